The fraction of sp³-hybridized carbons (Fsp3) is 0.250. The summed E-state index contributed by atoms with van der Waals surface area (Å²) in [5.74, 6) is 0.782. The van der Waals surface area contributed by atoms with Crippen molar-refractivity contribution in [3.8, 4) is 11.3 Å². The lowest BCUT2D eigenvalue weighted by Gasteiger charge is -2.15. The Hall–Kier alpha value is -3.16. The van der Waals surface area contributed by atoms with E-state index in [0.29, 0.717) is 23.1 Å². The first-order chi connectivity index (χ1) is 13.3. The highest BCUT2D eigenvalue weighted by molar-refractivity contribution is 5.67. The first-order valence-electron chi connectivity index (χ1n) is 8.85. The number of anilines is 3. The standard InChI is InChI=1S/C20H20F3N5/c1-3-13(2)25-19-27-17(14-6-5-9-24-12-14)11-18(28-19)26-16-8-4-7-15(10-16)20(21,22)23/h4-13H,3H2,1-2H3,(H2,25,26,27,28)/t13-/m0/s1. The molecular weight excluding hydrogens is 367 g/mol. The Morgan fingerprint density at radius 2 is 1.89 bits per heavy atom. The lowest BCUT2D eigenvalue weighted by Crippen LogP contribution is -2.16. The molecule has 0 spiro atoms. The maximum atomic E-state index is 13.0. The minimum absolute atomic E-state index is 0.144. The Kier molecular flexibility index (Phi) is 5.77. The predicted octanol–water partition coefficient (Wildman–Crippen LogP) is 5.51. The molecule has 2 heterocycles. The number of hydrogen-bond acceptors (Lipinski definition) is 5. The lowest BCUT2D eigenvalue weighted by atomic mass is 10.2. The monoisotopic (exact) mass is 387 g/mol. The molecule has 0 radical (unpaired) electrons. The number of hydrogen-bond donors (Lipinski definition) is 2. The second kappa shape index (κ2) is 8.24. The van der Waals surface area contributed by atoms with Gasteiger partial charge < -0.3 is 10.6 Å². The molecular formula is C20H20F3N5. The maximum absolute atomic E-state index is 13.0. The molecule has 0 unspecified atom stereocenters. The van der Waals surface area contributed by atoms with E-state index in [9.17, 15) is 13.2 Å². The van der Waals surface area contributed by atoms with Crippen molar-refractivity contribution < 1.29 is 13.2 Å². The minimum atomic E-state index is -4.41. The summed E-state index contributed by atoms with van der Waals surface area (Å²) in [7, 11) is 0. The van der Waals surface area contributed by atoms with E-state index in [1.807, 2.05) is 19.9 Å². The Morgan fingerprint density at radius 3 is 2.57 bits per heavy atom. The van der Waals surface area contributed by atoms with Crippen LogP contribution < -0.4 is 10.6 Å². The van der Waals surface area contributed by atoms with Crippen molar-refractivity contribution in [1.29, 1.82) is 0 Å². The number of alkyl halides is 3. The highest BCUT2D eigenvalue weighted by atomic mass is 19.4. The second-order valence-electron chi connectivity index (χ2n) is 6.36. The third kappa shape index (κ3) is 4.97. The zero-order valence-electron chi connectivity index (χ0n) is 15.5. The molecule has 3 rings (SSSR count). The van der Waals surface area contributed by atoms with Crippen LogP contribution in [0.1, 0.15) is 25.8 Å². The van der Waals surface area contributed by atoms with Gasteiger partial charge in [0.25, 0.3) is 0 Å². The molecule has 28 heavy (non-hydrogen) atoms. The van der Waals surface area contributed by atoms with Gasteiger partial charge in [-0.3, -0.25) is 4.98 Å². The van der Waals surface area contributed by atoms with E-state index in [1.165, 1.54) is 6.07 Å². The average molecular weight is 387 g/mol. The zero-order chi connectivity index (χ0) is 20.1. The van der Waals surface area contributed by atoms with Gasteiger partial charge in [-0.05, 0) is 43.7 Å². The van der Waals surface area contributed by atoms with Crippen LogP contribution in [0.15, 0.2) is 54.9 Å². The van der Waals surface area contributed by atoms with Crippen LogP contribution in [0.5, 0.6) is 0 Å². The number of pyridine rings is 1. The molecule has 146 valence electrons. The van der Waals surface area contributed by atoms with Gasteiger partial charge in [-0.25, -0.2) is 4.98 Å². The van der Waals surface area contributed by atoms with E-state index in [4.69, 9.17) is 0 Å². The predicted molar refractivity (Wildman–Crippen MR) is 103 cm³/mol. The number of halogens is 3. The summed E-state index contributed by atoms with van der Waals surface area (Å²) in [5.41, 5.74) is 0.963. The van der Waals surface area contributed by atoms with Crippen molar-refractivity contribution in [2.45, 2.75) is 32.5 Å². The molecule has 0 aliphatic heterocycles. The van der Waals surface area contributed by atoms with Gasteiger partial charge in [0.1, 0.15) is 5.82 Å². The van der Waals surface area contributed by atoms with Crippen molar-refractivity contribution in [2.75, 3.05) is 10.6 Å². The fourth-order valence-electron chi connectivity index (χ4n) is 2.48. The Labute approximate surface area is 161 Å². The summed E-state index contributed by atoms with van der Waals surface area (Å²) < 4.78 is 38.9. The Bertz CT molecular complexity index is 929. The van der Waals surface area contributed by atoms with E-state index in [1.54, 1.807) is 30.6 Å². The number of benzene rings is 1. The van der Waals surface area contributed by atoms with Gasteiger partial charge in [-0.15, -0.1) is 0 Å². The van der Waals surface area contributed by atoms with Crippen LogP contribution in [0.3, 0.4) is 0 Å². The minimum Gasteiger partial charge on any atom is -0.352 e. The molecule has 0 aliphatic carbocycles. The molecule has 1 aromatic carbocycles. The van der Waals surface area contributed by atoms with E-state index in [0.717, 1.165) is 24.1 Å². The van der Waals surface area contributed by atoms with E-state index in [2.05, 4.69) is 25.6 Å². The Morgan fingerprint density at radius 1 is 1.07 bits per heavy atom. The van der Waals surface area contributed by atoms with Crippen molar-refractivity contribution in [1.82, 2.24) is 15.0 Å². The van der Waals surface area contributed by atoms with E-state index in [-0.39, 0.29) is 6.04 Å². The van der Waals surface area contributed by atoms with Crippen molar-refractivity contribution >= 4 is 17.5 Å². The summed E-state index contributed by atoms with van der Waals surface area (Å²) in [4.78, 5) is 13.0. The molecule has 0 saturated carbocycles. The molecule has 1 atom stereocenters. The van der Waals surface area contributed by atoms with E-state index >= 15 is 0 Å². The van der Waals surface area contributed by atoms with Crippen LogP contribution in [0.25, 0.3) is 11.3 Å². The first kappa shape index (κ1) is 19.6. The molecule has 0 aliphatic rings. The molecule has 3 aromatic rings. The smallest absolute Gasteiger partial charge is 0.352 e. The van der Waals surface area contributed by atoms with Crippen molar-refractivity contribution in [2.24, 2.45) is 0 Å². The summed E-state index contributed by atoms with van der Waals surface area (Å²) >= 11 is 0. The molecule has 0 fully saturated rings. The summed E-state index contributed by atoms with van der Waals surface area (Å²) in [6, 6.07) is 10.5. The third-order valence-corrected chi connectivity index (χ3v) is 4.13. The van der Waals surface area contributed by atoms with Gasteiger partial charge in [0.05, 0.1) is 11.3 Å². The summed E-state index contributed by atoms with van der Waals surface area (Å²) in [6.45, 7) is 4.03. The zero-order valence-corrected chi connectivity index (χ0v) is 15.5. The van der Waals surface area contributed by atoms with Gasteiger partial charge in [-0.2, -0.15) is 18.2 Å². The molecule has 2 aromatic heterocycles. The number of nitrogens with zero attached hydrogens (tertiary/aromatic N) is 3. The SMILES string of the molecule is CC[C@H](C)Nc1nc(Nc2cccc(C(F)(F)F)c2)cc(-c2cccnc2)n1. The van der Waals surface area contributed by atoms with Gasteiger partial charge in [0.15, 0.2) is 0 Å². The normalized spacial score (nSPS) is 12.5. The molecule has 5 nitrogen and oxygen atoms in total. The topological polar surface area (TPSA) is 62.7 Å². The van der Waals surface area contributed by atoms with Gasteiger partial charge in [-0.1, -0.05) is 13.0 Å². The lowest BCUT2D eigenvalue weighted by molar-refractivity contribution is -0.137. The number of rotatable bonds is 6. The Balaban J connectivity index is 1.96. The maximum Gasteiger partial charge on any atom is 0.416 e. The average Bonchev–Trinajstić information content (AvgIpc) is 2.68. The molecule has 0 saturated heterocycles. The highest BCUT2D eigenvalue weighted by Gasteiger charge is 2.30. The van der Waals surface area contributed by atoms with Crippen LogP contribution in [-0.4, -0.2) is 21.0 Å². The van der Waals surface area contributed by atoms with Crippen molar-refractivity contribution in [3.63, 3.8) is 0 Å². The molecule has 8 heteroatoms. The van der Waals surface area contributed by atoms with E-state index < -0.39 is 11.7 Å². The van der Waals surface area contributed by atoms with Crippen LogP contribution in [-0.2, 0) is 6.18 Å². The first-order valence-corrected chi connectivity index (χ1v) is 8.85. The second-order valence-corrected chi connectivity index (χ2v) is 6.36. The van der Waals surface area contributed by atoms with Gasteiger partial charge in [0, 0.05) is 35.8 Å². The van der Waals surface area contributed by atoms with Crippen LogP contribution >= 0.6 is 0 Å². The molecule has 0 amide bonds. The number of nitrogens with one attached hydrogen (secondary N) is 2. The quantitative estimate of drug-likeness (QED) is 0.584. The van der Waals surface area contributed by atoms with Crippen LogP contribution in [0.2, 0.25) is 0 Å². The van der Waals surface area contributed by atoms with Crippen LogP contribution in [0, 0.1) is 0 Å². The molecule has 2 N–H and O–H groups in total. The highest BCUT2D eigenvalue weighted by Crippen LogP contribution is 2.31. The largest absolute Gasteiger partial charge is 0.416 e. The molecule has 0 bridgehead atoms. The van der Waals surface area contributed by atoms with Gasteiger partial charge in [0.2, 0.25) is 5.95 Å². The van der Waals surface area contributed by atoms with Crippen LogP contribution in [0.4, 0.5) is 30.6 Å². The van der Waals surface area contributed by atoms with Crippen molar-refractivity contribution in [3.05, 3.63) is 60.4 Å². The van der Waals surface area contributed by atoms with Gasteiger partial charge >= 0.3 is 6.18 Å². The summed E-state index contributed by atoms with van der Waals surface area (Å²) in [5, 5.41) is 6.15. The fourth-order valence-corrected chi connectivity index (χ4v) is 2.48. The summed E-state index contributed by atoms with van der Waals surface area (Å²) in [6.07, 6.45) is -0.210. The number of aromatic nitrogens is 3. The third-order valence-electron chi connectivity index (χ3n) is 4.13.